The van der Waals surface area contributed by atoms with E-state index in [9.17, 15) is 4.79 Å². The van der Waals surface area contributed by atoms with E-state index in [4.69, 9.17) is 23.2 Å². The molecule has 0 unspecified atom stereocenters. The second kappa shape index (κ2) is 8.82. The maximum atomic E-state index is 13.3. The predicted octanol–water partition coefficient (Wildman–Crippen LogP) is 6.90. The predicted molar refractivity (Wildman–Crippen MR) is 131 cm³/mol. The number of H-pyrrole nitrogens is 2. The van der Waals surface area contributed by atoms with Crippen molar-refractivity contribution in [1.82, 2.24) is 20.2 Å². The summed E-state index contributed by atoms with van der Waals surface area (Å²) in [6.45, 7) is 0. The van der Waals surface area contributed by atoms with E-state index in [2.05, 4.69) is 20.2 Å². The van der Waals surface area contributed by atoms with Crippen LogP contribution in [0.25, 0.3) is 33.5 Å². The summed E-state index contributed by atoms with van der Waals surface area (Å²) in [4.78, 5) is 21.2. The fourth-order valence-corrected chi connectivity index (χ4v) is 4.74. The van der Waals surface area contributed by atoms with Crippen LogP contribution in [-0.2, 0) is 0 Å². The van der Waals surface area contributed by atoms with Crippen LogP contribution in [0.3, 0.4) is 0 Å². The fourth-order valence-electron chi connectivity index (χ4n) is 3.57. The molecule has 2 heterocycles. The molecule has 158 valence electrons. The fraction of sp³-hybridized carbons (Fsp3) is 0.0417. The normalized spacial score (nSPS) is 11.2. The van der Waals surface area contributed by atoms with Gasteiger partial charge in [-0.25, -0.2) is 4.98 Å². The molecule has 0 amide bonds. The van der Waals surface area contributed by atoms with Crippen LogP contribution >= 0.6 is 35.0 Å². The van der Waals surface area contributed by atoms with Crippen molar-refractivity contribution in [3.05, 3.63) is 88.4 Å². The van der Waals surface area contributed by atoms with E-state index in [1.807, 2.05) is 54.6 Å². The van der Waals surface area contributed by atoms with Gasteiger partial charge in [0.2, 0.25) is 5.16 Å². The topological polar surface area (TPSA) is 74.4 Å². The molecule has 0 bridgehead atoms. The van der Waals surface area contributed by atoms with Gasteiger partial charge in [-0.1, -0.05) is 83.5 Å². The summed E-state index contributed by atoms with van der Waals surface area (Å²) < 4.78 is 0. The number of thioether (sulfide) groups is 1. The lowest BCUT2D eigenvalue weighted by Crippen LogP contribution is -2.04. The highest BCUT2D eigenvalue weighted by molar-refractivity contribution is 7.99. The lowest BCUT2D eigenvalue weighted by Gasteiger charge is -2.04. The molecule has 3 aromatic carbocycles. The molecule has 5 nitrogen and oxygen atoms in total. The van der Waals surface area contributed by atoms with E-state index in [-0.39, 0.29) is 11.5 Å². The Hall–Kier alpha value is -3.06. The number of carbonyl (C=O) groups excluding carboxylic acids is 1. The number of ketones is 1. The SMILES string of the molecule is O=C(CSc1n[nH]c(-c2ccc(Cl)cc2Cl)n1)c1c(-c2ccccc2)[nH]c2ccccc12. The maximum absolute atomic E-state index is 13.3. The summed E-state index contributed by atoms with van der Waals surface area (Å²) in [5.74, 6) is 0.730. The average Bonchev–Trinajstić information content (AvgIpc) is 3.43. The second-order valence-electron chi connectivity index (χ2n) is 7.09. The van der Waals surface area contributed by atoms with Gasteiger partial charge in [-0.15, -0.1) is 5.10 Å². The zero-order valence-electron chi connectivity index (χ0n) is 16.6. The minimum atomic E-state index is 0.00202. The summed E-state index contributed by atoms with van der Waals surface area (Å²) in [5.41, 5.74) is 4.09. The standard InChI is InChI=1S/C24H16Cl2N4OS/c25-15-10-11-16(18(26)12-15)23-28-24(30-29-23)32-13-20(31)21-17-8-4-5-9-19(17)27-22(21)14-6-2-1-3-7-14/h1-12,27H,13H2,(H,28,29,30). The Morgan fingerprint density at radius 3 is 2.56 bits per heavy atom. The molecular weight excluding hydrogens is 463 g/mol. The Morgan fingerprint density at radius 2 is 1.75 bits per heavy atom. The van der Waals surface area contributed by atoms with Crippen LogP contribution < -0.4 is 0 Å². The van der Waals surface area contributed by atoms with Crippen LogP contribution in [0.5, 0.6) is 0 Å². The van der Waals surface area contributed by atoms with E-state index in [0.29, 0.717) is 32.2 Å². The Labute approximate surface area is 198 Å². The molecule has 5 rings (SSSR count). The first-order valence-electron chi connectivity index (χ1n) is 9.80. The summed E-state index contributed by atoms with van der Waals surface area (Å²) in [7, 11) is 0. The van der Waals surface area contributed by atoms with Crippen molar-refractivity contribution < 1.29 is 4.79 Å². The molecule has 5 aromatic rings. The number of nitrogens with one attached hydrogen (secondary N) is 2. The van der Waals surface area contributed by atoms with Crippen LogP contribution in [0.4, 0.5) is 0 Å². The first kappa shape index (κ1) is 20.8. The maximum Gasteiger partial charge on any atom is 0.209 e. The molecule has 0 aliphatic heterocycles. The number of rotatable bonds is 6. The zero-order chi connectivity index (χ0) is 22.1. The van der Waals surface area contributed by atoms with E-state index in [0.717, 1.165) is 22.2 Å². The minimum Gasteiger partial charge on any atom is -0.354 e. The molecule has 8 heteroatoms. The Balaban J connectivity index is 1.41. The van der Waals surface area contributed by atoms with Gasteiger partial charge >= 0.3 is 0 Å². The van der Waals surface area contributed by atoms with Gasteiger partial charge in [0.05, 0.1) is 22.0 Å². The largest absolute Gasteiger partial charge is 0.354 e. The number of halogens is 2. The number of hydrogen-bond acceptors (Lipinski definition) is 4. The molecule has 2 aromatic heterocycles. The highest BCUT2D eigenvalue weighted by Gasteiger charge is 2.20. The number of Topliss-reactive ketones (excluding diaryl/α,β-unsaturated/α-hetero) is 1. The molecule has 0 atom stereocenters. The summed E-state index contributed by atoms with van der Waals surface area (Å²) in [5, 5.41) is 9.51. The van der Waals surface area contributed by atoms with Crippen LogP contribution in [0.1, 0.15) is 10.4 Å². The van der Waals surface area contributed by atoms with Gasteiger partial charge in [-0.2, -0.15) is 0 Å². The van der Waals surface area contributed by atoms with Gasteiger partial charge in [0.1, 0.15) is 0 Å². The quantitative estimate of drug-likeness (QED) is 0.205. The highest BCUT2D eigenvalue weighted by atomic mass is 35.5. The van der Waals surface area contributed by atoms with Crippen LogP contribution in [0, 0.1) is 0 Å². The van der Waals surface area contributed by atoms with Gasteiger partial charge in [-0.3, -0.25) is 9.89 Å². The van der Waals surface area contributed by atoms with Crippen molar-refractivity contribution in [2.75, 3.05) is 5.75 Å². The molecule has 0 spiro atoms. The van der Waals surface area contributed by atoms with Gasteiger partial charge in [0.25, 0.3) is 0 Å². The van der Waals surface area contributed by atoms with E-state index in [1.165, 1.54) is 11.8 Å². The van der Waals surface area contributed by atoms with Gasteiger partial charge in [0, 0.05) is 21.5 Å². The molecule has 0 fully saturated rings. The van der Waals surface area contributed by atoms with Crippen molar-refractivity contribution in [2.45, 2.75) is 5.16 Å². The van der Waals surface area contributed by atoms with Crippen LogP contribution in [0.2, 0.25) is 10.0 Å². The molecule has 0 radical (unpaired) electrons. The first-order valence-corrected chi connectivity index (χ1v) is 11.5. The van der Waals surface area contributed by atoms with Gasteiger partial charge in [0.15, 0.2) is 11.6 Å². The van der Waals surface area contributed by atoms with Gasteiger partial charge < -0.3 is 4.98 Å². The minimum absolute atomic E-state index is 0.00202. The number of fused-ring (bicyclic) bond motifs is 1. The highest BCUT2D eigenvalue weighted by Crippen LogP contribution is 2.33. The third-order valence-corrected chi connectivity index (χ3v) is 6.43. The van der Waals surface area contributed by atoms with E-state index >= 15 is 0 Å². The first-order chi connectivity index (χ1) is 15.6. The van der Waals surface area contributed by atoms with Crippen molar-refractivity contribution in [2.24, 2.45) is 0 Å². The molecule has 0 saturated heterocycles. The number of carbonyl (C=O) groups is 1. The second-order valence-corrected chi connectivity index (χ2v) is 8.88. The number of nitrogens with zero attached hydrogens (tertiary/aromatic N) is 2. The zero-order valence-corrected chi connectivity index (χ0v) is 18.9. The van der Waals surface area contributed by atoms with Crippen molar-refractivity contribution in [3.63, 3.8) is 0 Å². The van der Waals surface area contributed by atoms with Crippen LogP contribution in [0.15, 0.2) is 78.0 Å². The number of aromatic nitrogens is 4. The summed E-state index contributed by atoms with van der Waals surface area (Å²) in [6.07, 6.45) is 0. The van der Waals surface area contributed by atoms with Crippen molar-refractivity contribution >= 4 is 51.6 Å². The monoisotopic (exact) mass is 478 g/mol. The third kappa shape index (κ3) is 4.05. The molecule has 0 aliphatic rings. The Kier molecular flexibility index (Phi) is 5.74. The summed E-state index contributed by atoms with van der Waals surface area (Å²) in [6, 6.07) is 22.9. The van der Waals surface area contributed by atoms with Gasteiger partial charge in [-0.05, 0) is 29.8 Å². The Morgan fingerprint density at radius 1 is 0.969 bits per heavy atom. The third-order valence-electron chi connectivity index (χ3n) is 5.03. The van der Waals surface area contributed by atoms with Crippen LogP contribution in [-0.4, -0.2) is 31.7 Å². The van der Waals surface area contributed by atoms with Crippen molar-refractivity contribution in [3.8, 4) is 22.6 Å². The van der Waals surface area contributed by atoms with E-state index in [1.54, 1.807) is 18.2 Å². The molecule has 2 N–H and O–H groups in total. The molecule has 32 heavy (non-hydrogen) atoms. The number of hydrogen-bond donors (Lipinski definition) is 2. The number of aromatic amines is 2. The number of para-hydroxylation sites is 1. The van der Waals surface area contributed by atoms with E-state index < -0.39 is 0 Å². The van der Waals surface area contributed by atoms with Crippen molar-refractivity contribution in [1.29, 1.82) is 0 Å². The molecule has 0 saturated carbocycles. The molecular formula is C24H16Cl2N4OS. The average molecular weight is 479 g/mol. The Bertz CT molecular complexity index is 1430. The number of benzene rings is 3. The smallest absolute Gasteiger partial charge is 0.209 e. The summed E-state index contributed by atoms with van der Waals surface area (Å²) >= 11 is 13.5. The molecule has 0 aliphatic carbocycles. The lowest BCUT2D eigenvalue weighted by atomic mass is 10.0. The lowest BCUT2D eigenvalue weighted by molar-refractivity contribution is 0.102.